The Morgan fingerprint density at radius 2 is 2.05 bits per heavy atom. The molecule has 0 saturated heterocycles. The third-order valence-corrected chi connectivity index (χ3v) is 3.21. The molecule has 19 heavy (non-hydrogen) atoms. The Morgan fingerprint density at radius 1 is 1.42 bits per heavy atom. The van der Waals surface area contributed by atoms with Gasteiger partial charge in [0.2, 0.25) is 5.91 Å². The molecular formula is C15H23ClN2O. The molecule has 0 heterocycles. The lowest BCUT2D eigenvalue weighted by molar-refractivity contribution is -0.120. The molecule has 1 rings (SSSR count). The summed E-state index contributed by atoms with van der Waals surface area (Å²) in [5.74, 6) is -0.221. The number of nitrogens with one attached hydrogen (secondary N) is 1. The first-order valence-corrected chi connectivity index (χ1v) is 6.88. The fourth-order valence-corrected chi connectivity index (χ4v) is 2.16. The Hall–Kier alpha value is -1.06. The van der Waals surface area contributed by atoms with Crippen LogP contribution in [0, 0.1) is 18.3 Å². The Bertz CT molecular complexity index is 452. The first kappa shape index (κ1) is 16.0. The maximum atomic E-state index is 12.3. The molecule has 0 aliphatic carbocycles. The van der Waals surface area contributed by atoms with Gasteiger partial charge in [0.25, 0.3) is 0 Å². The van der Waals surface area contributed by atoms with E-state index in [9.17, 15) is 4.79 Å². The minimum Gasteiger partial charge on any atom is -0.330 e. The van der Waals surface area contributed by atoms with Gasteiger partial charge in [-0.15, -0.1) is 0 Å². The van der Waals surface area contributed by atoms with Gasteiger partial charge in [0.15, 0.2) is 0 Å². The Balaban J connectivity index is 2.80. The zero-order valence-corrected chi connectivity index (χ0v) is 12.8. The average Bonchev–Trinajstić information content (AvgIpc) is 2.29. The van der Waals surface area contributed by atoms with Crippen molar-refractivity contribution >= 4 is 23.2 Å². The van der Waals surface area contributed by atoms with Crippen molar-refractivity contribution < 1.29 is 4.79 Å². The van der Waals surface area contributed by atoms with E-state index in [1.165, 1.54) is 0 Å². The standard InChI is InChI=1S/C15H23ClN2O/c1-10-5-6-12(16)7-13(10)18-14(19)11(9-17)8-15(2,3)4/h5-7,11H,8-9,17H2,1-4H3,(H,18,19). The van der Waals surface area contributed by atoms with Crippen molar-refractivity contribution in [3.05, 3.63) is 28.8 Å². The molecule has 0 aliphatic heterocycles. The predicted octanol–water partition coefficient (Wildman–Crippen LogP) is 3.60. The molecule has 1 aromatic carbocycles. The van der Waals surface area contributed by atoms with Crippen LogP contribution in [0.15, 0.2) is 18.2 Å². The highest BCUT2D eigenvalue weighted by Gasteiger charge is 2.24. The lowest BCUT2D eigenvalue weighted by Crippen LogP contribution is -2.32. The summed E-state index contributed by atoms with van der Waals surface area (Å²) in [4.78, 5) is 12.3. The smallest absolute Gasteiger partial charge is 0.228 e. The maximum Gasteiger partial charge on any atom is 0.228 e. The fourth-order valence-electron chi connectivity index (χ4n) is 1.99. The van der Waals surface area contributed by atoms with Crippen LogP contribution in [-0.2, 0) is 4.79 Å². The van der Waals surface area contributed by atoms with Crippen molar-refractivity contribution in [2.75, 3.05) is 11.9 Å². The molecule has 0 spiro atoms. The van der Waals surface area contributed by atoms with Crippen molar-refractivity contribution in [2.45, 2.75) is 34.1 Å². The maximum absolute atomic E-state index is 12.3. The fraction of sp³-hybridized carbons (Fsp3) is 0.533. The van der Waals surface area contributed by atoms with Gasteiger partial charge < -0.3 is 11.1 Å². The molecule has 4 heteroatoms. The summed E-state index contributed by atoms with van der Waals surface area (Å²) in [7, 11) is 0. The van der Waals surface area contributed by atoms with Crippen LogP contribution in [0.1, 0.15) is 32.8 Å². The molecule has 106 valence electrons. The number of hydrogen-bond donors (Lipinski definition) is 2. The topological polar surface area (TPSA) is 55.1 Å². The number of carbonyl (C=O) groups is 1. The molecule has 1 aromatic rings. The van der Waals surface area contributed by atoms with Crippen LogP contribution >= 0.6 is 11.6 Å². The highest BCUT2D eigenvalue weighted by Crippen LogP contribution is 2.26. The largest absolute Gasteiger partial charge is 0.330 e. The van der Waals surface area contributed by atoms with Gasteiger partial charge in [-0.25, -0.2) is 0 Å². The normalized spacial score (nSPS) is 13.2. The second kappa shape index (κ2) is 6.40. The van der Waals surface area contributed by atoms with Crippen molar-refractivity contribution in [1.82, 2.24) is 0 Å². The number of nitrogens with two attached hydrogens (primary N) is 1. The number of aryl methyl sites for hydroxylation is 1. The van der Waals surface area contributed by atoms with E-state index in [2.05, 4.69) is 26.1 Å². The number of rotatable bonds is 4. The first-order valence-electron chi connectivity index (χ1n) is 6.50. The van der Waals surface area contributed by atoms with Crippen LogP contribution in [0.4, 0.5) is 5.69 Å². The van der Waals surface area contributed by atoms with Gasteiger partial charge in [-0.3, -0.25) is 4.79 Å². The van der Waals surface area contributed by atoms with E-state index in [1.54, 1.807) is 6.07 Å². The van der Waals surface area contributed by atoms with Gasteiger partial charge in [-0.05, 0) is 36.5 Å². The third kappa shape index (κ3) is 5.21. The quantitative estimate of drug-likeness (QED) is 0.886. The second-order valence-corrected chi connectivity index (χ2v) is 6.58. The van der Waals surface area contributed by atoms with E-state index in [1.807, 2.05) is 19.1 Å². The summed E-state index contributed by atoms with van der Waals surface area (Å²) in [6, 6.07) is 5.46. The van der Waals surface area contributed by atoms with Crippen LogP contribution in [0.25, 0.3) is 0 Å². The average molecular weight is 283 g/mol. The molecule has 1 unspecified atom stereocenters. The molecule has 3 N–H and O–H groups in total. The summed E-state index contributed by atoms with van der Waals surface area (Å²) in [6.45, 7) is 8.60. The number of anilines is 1. The van der Waals surface area contributed by atoms with Gasteiger partial charge in [0.05, 0.1) is 5.92 Å². The van der Waals surface area contributed by atoms with Crippen LogP contribution in [0.3, 0.4) is 0 Å². The van der Waals surface area contributed by atoms with E-state index in [0.29, 0.717) is 11.6 Å². The van der Waals surface area contributed by atoms with Gasteiger partial charge >= 0.3 is 0 Å². The van der Waals surface area contributed by atoms with Crippen molar-refractivity contribution in [3.8, 4) is 0 Å². The minimum absolute atomic E-state index is 0.0391. The summed E-state index contributed by atoms with van der Waals surface area (Å²) in [6.07, 6.45) is 0.759. The zero-order valence-electron chi connectivity index (χ0n) is 12.1. The number of amides is 1. The molecule has 0 radical (unpaired) electrons. The molecule has 1 atom stereocenters. The highest BCUT2D eigenvalue weighted by atomic mass is 35.5. The Kier molecular flexibility index (Phi) is 5.39. The van der Waals surface area contributed by atoms with E-state index in [-0.39, 0.29) is 17.2 Å². The Morgan fingerprint density at radius 3 is 2.58 bits per heavy atom. The molecule has 0 aliphatic rings. The predicted molar refractivity (Wildman–Crippen MR) is 81.4 cm³/mol. The van der Waals surface area contributed by atoms with Crippen LogP contribution in [-0.4, -0.2) is 12.5 Å². The van der Waals surface area contributed by atoms with E-state index >= 15 is 0 Å². The number of halogens is 1. The summed E-state index contributed by atoms with van der Waals surface area (Å²) < 4.78 is 0. The monoisotopic (exact) mass is 282 g/mol. The second-order valence-electron chi connectivity index (χ2n) is 6.15. The Labute approximate surface area is 120 Å². The number of benzene rings is 1. The van der Waals surface area contributed by atoms with E-state index < -0.39 is 0 Å². The highest BCUT2D eigenvalue weighted by molar-refractivity contribution is 6.31. The minimum atomic E-state index is -0.182. The molecule has 0 aromatic heterocycles. The molecule has 0 saturated carbocycles. The third-order valence-electron chi connectivity index (χ3n) is 2.97. The van der Waals surface area contributed by atoms with E-state index in [0.717, 1.165) is 17.7 Å². The van der Waals surface area contributed by atoms with Crippen LogP contribution in [0.5, 0.6) is 0 Å². The van der Waals surface area contributed by atoms with Crippen molar-refractivity contribution in [2.24, 2.45) is 17.1 Å². The first-order chi connectivity index (χ1) is 8.73. The van der Waals surface area contributed by atoms with Gasteiger partial charge in [-0.2, -0.15) is 0 Å². The van der Waals surface area contributed by atoms with Gasteiger partial charge in [-0.1, -0.05) is 38.4 Å². The summed E-state index contributed by atoms with van der Waals surface area (Å²) in [5.41, 5.74) is 7.53. The molecular weight excluding hydrogens is 260 g/mol. The lowest BCUT2D eigenvalue weighted by Gasteiger charge is -2.24. The number of hydrogen-bond acceptors (Lipinski definition) is 2. The van der Waals surface area contributed by atoms with Crippen LogP contribution < -0.4 is 11.1 Å². The summed E-state index contributed by atoms with van der Waals surface area (Å²) in [5, 5.41) is 3.53. The number of carbonyl (C=O) groups excluding carboxylic acids is 1. The van der Waals surface area contributed by atoms with Crippen molar-refractivity contribution in [1.29, 1.82) is 0 Å². The molecule has 0 bridgehead atoms. The molecule has 0 fully saturated rings. The van der Waals surface area contributed by atoms with Crippen LogP contribution in [0.2, 0.25) is 5.02 Å². The SMILES string of the molecule is Cc1ccc(Cl)cc1NC(=O)C(CN)CC(C)(C)C. The lowest BCUT2D eigenvalue weighted by atomic mass is 9.84. The molecule has 1 amide bonds. The molecule has 3 nitrogen and oxygen atoms in total. The summed E-state index contributed by atoms with van der Waals surface area (Å²) >= 11 is 5.94. The van der Waals surface area contributed by atoms with Crippen molar-refractivity contribution in [3.63, 3.8) is 0 Å². The zero-order chi connectivity index (χ0) is 14.6. The van der Waals surface area contributed by atoms with E-state index in [4.69, 9.17) is 17.3 Å². The van der Waals surface area contributed by atoms with Gasteiger partial charge in [0, 0.05) is 17.3 Å². The van der Waals surface area contributed by atoms with Gasteiger partial charge in [0.1, 0.15) is 0 Å².